The van der Waals surface area contributed by atoms with E-state index in [1.807, 2.05) is 12.1 Å². The molecule has 0 fully saturated rings. The van der Waals surface area contributed by atoms with Crippen molar-refractivity contribution in [3.8, 4) is 0 Å². The predicted molar refractivity (Wildman–Crippen MR) is 129 cm³/mol. The summed E-state index contributed by atoms with van der Waals surface area (Å²) < 4.78 is 6.81. The first-order valence-electron chi connectivity index (χ1n) is 9.36. The first-order valence-corrected chi connectivity index (χ1v) is 12.1. The molecule has 0 saturated heterocycles. The highest BCUT2D eigenvalue weighted by molar-refractivity contribution is 8.03. The normalized spacial score (nSPS) is 11.6. The molecule has 0 aliphatic rings. The van der Waals surface area contributed by atoms with E-state index in [1.165, 1.54) is 45.6 Å². The summed E-state index contributed by atoms with van der Waals surface area (Å²) in [6.45, 7) is 0. The number of hydrazone groups is 1. The third-order valence-electron chi connectivity index (χ3n) is 4.10. The van der Waals surface area contributed by atoms with Gasteiger partial charge in [-0.25, -0.2) is 5.43 Å². The van der Waals surface area contributed by atoms with Gasteiger partial charge in [-0.05, 0) is 40.6 Å². The second-order valence-corrected chi connectivity index (χ2v) is 9.66. The largest absolute Gasteiger partial charge is 0.465 e. The zero-order chi connectivity index (χ0) is 21.3. The summed E-state index contributed by atoms with van der Waals surface area (Å²) >= 11 is 4.50. The van der Waals surface area contributed by atoms with Gasteiger partial charge in [0.15, 0.2) is 8.68 Å². The Bertz CT molecular complexity index is 1200. The topological polar surface area (TPSA) is 80.4 Å². The smallest absolute Gasteiger partial charge is 0.250 e. The van der Waals surface area contributed by atoms with Gasteiger partial charge in [-0.15, -0.1) is 10.2 Å². The minimum Gasteiger partial charge on any atom is -0.465 e. The van der Waals surface area contributed by atoms with Crippen molar-refractivity contribution in [1.29, 1.82) is 0 Å². The van der Waals surface area contributed by atoms with Crippen LogP contribution in [0.5, 0.6) is 0 Å². The van der Waals surface area contributed by atoms with Crippen molar-refractivity contribution in [3.05, 3.63) is 78.3 Å². The molecule has 0 aliphatic heterocycles. The van der Waals surface area contributed by atoms with Crippen molar-refractivity contribution in [2.45, 2.75) is 14.4 Å². The van der Waals surface area contributed by atoms with Crippen LogP contribution in [-0.2, 0) is 10.5 Å². The molecule has 9 heteroatoms. The molecule has 1 N–H and O–H groups in total. The van der Waals surface area contributed by atoms with Crippen LogP contribution in [0.1, 0.15) is 11.3 Å². The van der Waals surface area contributed by atoms with Crippen molar-refractivity contribution in [3.63, 3.8) is 0 Å². The fourth-order valence-electron chi connectivity index (χ4n) is 2.71. The SMILES string of the molecule is O=C(CSc1nnc(SCc2cccc3ccccc23)s1)N/N=C\C=C\c1ccco1. The van der Waals surface area contributed by atoms with E-state index in [2.05, 4.69) is 57.1 Å². The van der Waals surface area contributed by atoms with Crippen LogP contribution in [0, 0.1) is 0 Å². The molecule has 0 spiro atoms. The van der Waals surface area contributed by atoms with Gasteiger partial charge in [-0.2, -0.15) is 5.10 Å². The van der Waals surface area contributed by atoms with E-state index in [9.17, 15) is 4.79 Å². The number of fused-ring (bicyclic) bond motifs is 1. The Labute approximate surface area is 191 Å². The maximum atomic E-state index is 11.9. The van der Waals surface area contributed by atoms with Crippen molar-refractivity contribution in [2.75, 3.05) is 5.75 Å². The van der Waals surface area contributed by atoms with Crippen molar-refractivity contribution < 1.29 is 9.21 Å². The number of carbonyl (C=O) groups is 1. The average molecular weight is 467 g/mol. The highest BCUT2D eigenvalue weighted by Crippen LogP contribution is 2.32. The Morgan fingerprint density at radius 3 is 2.77 bits per heavy atom. The van der Waals surface area contributed by atoms with Gasteiger partial charge in [0.2, 0.25) is 0 Å². The van der Waals surface area contributed by atoms with Gasteiger partial charge in [0.1, 0.15) is 5.76 Å². The Balaban J connectivity index is 1.22. The van der Waals surface area contributed by atoms with Gasteiger partial charge >= 0.3 is 0 Å². The van der Waals surface area contributed by atoms with Crippen LogP contribution in [0.4, 0.5) is 0 Å². The molecule has 0 unspecified atom stereocenters. The zero-order valence-corrected chi connectivity index (χ0v) is 18.8. The molecule has 156 valence electrons. The van der Waals surface area contributed by atoms with Crippen LogP contribution >= 0.6 is 34.9 Å². The number of nitrogens with zero attached hydrogens (tertiary/aromatic N) is 3. The van der Waals surface area contributed by atoms with Gasteiger partial charge in [-0.1, -0.05) is 77.3 Å². The molecule has 2 aromatic heterocycles. The number of furan rings is 1. The molecule has 2 heterocycles. The number of hydrogen-bond donors (Lipinski definition) is 1. The van der Waals surface area contributed by atoms with Crippen LogP contribution in [-0.4, -0.2) is 28.1 Å². The first-order chi connectivity index (χ1) is 15.3. The van der Waals surface area contributed by atoms with Gasteiger partial charge in [0.05, 0.1) is 12.0 Å². The molecule has 2 aromatic carbocycles. The minimum atomic E-state index is -0.201. The molecule has 0 radical (unpaired) electrons. The number of rotatable bonds is 9. The molecule has 0 saturated carbocycles. The molecule has 0 atom stereocenters. The summed E-state index contributed by atoms with van der Waals surface area (Å²) in [7, 11) is 0. The lowest BCUT2D eigenvalue weighted by molar-refractivity contribution is -0.118. The highest BCUT2D eigenvalue weighted by atomic mass is 32.2. The molecule has 31 heavy (non-hydrogen) atoms. The first kappa shape index (κ1) is 21.4. The van der Waals surface area contributed by atoms with E-state index < -0.39 is 0 Å². The van der Waals surface area contributed by atoms with E-state index in [0.29, 0.717) is 0 Å². The molecule has 0 bridgehead atoms. The maximum absolute atomic E-state index is 11.9. The van der Waals surface area contributed by atoms with E-state index >= 15 is 0 Å². The summed E-state index contributed by atoms with van der Waals surface area (Å²) in [5.41, 5.74) is 3.75. The molecule has 1 amide bonds. The second kappa shape index (κ2) is 10.9. The summed E-state index contributed by atoms with van der Waals surface area (Å²) in [6.07, 6.45) is 6.54. The Kier molecular flexibility index (Phi) is 7.54. The minimum absolute atomic E-state index is 0.201. The third-order valence-corrected chi connectivity index (χ3v) is 7.34. The summed E-state index contributed by atoms with van der Waals surface area (Å²) in [5, 5.41) is 14.8. The van der Waals surface area contributed by atoms with E-state index in [0.717, 1.165) is 20.2 Å². The number of carbonyl (C=O) groups excluding carboxylic acids is 1. The fraction of sp³-hybridized carbons (Fsp3) is 0.0909. The number of hydrogen-bond acceptors (Lipinski definition) is 8. The third kappa shape index (κ3) is 6.30. The van der Waals surface area contributed by atoms with Crippen LogP contribution in [0.3, 0.4) is 0 Å². The molecule has 4 rings (SSSR count). The number of aromatic nitrogens is 2. The van der Waals surface area contributed by atoms with Gasteiger partial charge in [0.25, 0.3) is 5.91 Å². The van der Waals surface area contributed by atoms with Crippen LogP contribution in [0.2, 0.25) is 0 Å². The summed E-state index contributed by atoms with van der Waals surface area (Å²) in [5.74, 6) is 1.56. The van der Waals surface area contributed by atoms with E-state index in [-0.39, 0.29) is 11.7 Å². The number of amides is 1. The van der Waals surface area contributed by atoms with Crippen LogP contribution < -0.4 is 5.43 Å². The number of thioether (sulfide) groups is 2. The molecule has 0 aliphatic carbocycles. The molecule has 4 aromatic rings. The Hall–Kier alpha value is -2.88. The van der Waals surface area contributed by atoms with Crippen LogP contribution in [0.15, 0.2) is 85.1 Å². The quantitative estimate of drug-likeness (QED) is 0.200. The maximum Gasteiger partial charge on any atom is 0.250 e. The van der Waals surface area contributed by atoms with Gasteiger partial charge < -0.3 is 4.42 Å². The highest BCUT2D eigenvalue weighted by Gasteiger charge is 2.09. The zero-order valence-electron chi connectivity index (χ0n) is 16.3. The molecular weight excluding hydrogens is 448 g/mol. The fourth-order valence-corrected chi connectivity index (χ4v) is 5.52. The monoisotopic (exact) mass is 466 g/mol. The van der Waals surface area contributed by atoms with Crippen molar-refractivity contribution in [2.24, 2.45) is 5.10 Å². The lowest BCUT2D eigenvalue weighted by Crippen LogP contribution is -2.19. The number of allylic oxidation sites excluding steroid dienone is 1. The molecular formula is C22H18N4O2S3. The average Bonchev–Trinajstić information content (AvgIpc) is 3.48. The number of nitrogens with one attached hydrogen (secondary N) is 1. The number of benzene rings is 2. The summed E-state index contributed by atoms with van der Waals surface area (Å²) in [6, 6.07) is 18.3. The van der Waals surface area contributed by atoms with E-state index in [1.54, 1.807) is 36.2 Å². The summed E-state index contributed by atoms with van der Waals surface area (Å²) in [4.78, 5) is 11.9. The van der Waals surface area contributed by atoms with Gasteiger partial charge in [-0.3, -0.25) is 4.79 Å². The predicted octanol–water partition coefficient (Wildman–Crippen LogP) is 5.48. The van der Waals surface area contributed by atoms with E-state index in [4.69, 9.17) is 4.42 Å². The second-order valence-electron chi connectivity index (χ2n) is 6.24. The Morgan fingerprint density at radius 2 is 1.90 bits per heavy atom. The molecule has 6 nitrogen and oxygen atoms in total. The standard InChI is InChI=1S/C22H18N4O2S3/c27-20(24-23-12-4-9-18-10-5-13-28-18)15-30-22-26-25-21(31-22)29-14-17-8-3-7-16-6-1-2-11-19(16)17/h1-13H,14-15H2,(H,24,27)/b9-4+,23-12-. The lowest BCUT2D eigenvalue weighted by atomic mass is 10.1. The Morgan fingerprint density at radius 1 is 1.06 bits per heavy atom. The van der Waals surface area contributed by atoms with Crippen molar-refractivity contribution >= 4 is 63.8 Å². The van der Waals surface area contributed by atoms with Gasteiger partial charge in [0, 0.05) is 12.0 Å². The van der Waals surface area contributed by atoms with Crippen molar-refractivity contribution in [1.82, 2.24) is 15.6 Å². The lowest BCUT2D eigenvalue weighted by Gasteiger charge is -2.04. The van der Waals surface area contributed by atoms with Crippen LogP contribution in [0.25, 0.3) is 16.8 Å².